The summed E-state index contributed by atoms with van der Waals surface area (Å²) in [7, 11) is 0. The van der Waals surface area contributed by atoms with Gasteiger partial charge in [0.1, 0.15) is 28.1 Å². The molecule has 1 N–H and O–H groups in total. The van der Waals surface area contributed by atoms with Gasteiger partial charge in [-0.25, -0.2) is 15.0 Å². The summed E-state index contributed by atoms with van der Waals surface area (Å²) in [6.45, 7) is 2.74. The number of phenols is 1. The molecule has 25 heavy (non-hydrogen) atoms. The molecule has 2 aromatic heterocycles. The number of morpholine rings is 1. The Kier molecular flexibility index (Phi) is 4.56. The molecule has 0 spiro atoms. The van der Waals surface area contributed by atoms with E-state index in [0.29, 0.717) is 35.1 Å². The Hall–Kier alpha value is -2.16. The lowest BCUT2D eigenvalue weighted by molar-refractivity contribution is 0.122. The fraction of sp³-hybridized carbons (Fsp3) is 0.250. The first-order valence-electron chi connectivity index (χ1n) is 7.68. The SMILES string of the molecule is Oc1ccc(Sc2ncnc3c(N4CCOCC4)nc(Cl)nc23)cc1. The lowest BCUT2D eigenvalue weighted by Gasteiger charge is -2.28. The van der Waals surface area contributed by atoms with Gasteiger partial charge in [0.05, 0.1) is 13.2 Å². The van der Waals surface area contributed by atoms with Crippen LogP contribution in [-0.4, -0.2) is 51.3 Å². The fourth-order valence-electron chi connectivity index (χ4n) is 2.58. The van der Waals surface area contributed by atoms with Crippen molar-refractivity contribution >= 4 is 40.2 Å². The molecule has 7 nitrogen and oxygen atoms in total. The minimum Gasteiger partial charge on any atom is -0.508 e. The van der Waals surface area contributed by atoms with Gasteiger partial charge in [0.15, 0.2) is 5.82 Å². The van der Waals surface area contributed by atoms with Crippen molar-refractivity contribution in [3.8, 4) is 5.75 Å². The van der Waals surface area contributed by atoms with Gasteiger partial charge in [0.25, 0.3) is 0 Å². The van der Waals surface area contributed by atoms with Crippen molar-refractivity contribution in [2.45, 2.75) is 9.92 Å². The number of ether oxygens (including phenoxy) is 1. The first kappa shape index (κ1) is 16.3. The number of aromatic hydroxyl groups is 1. The molecule has 0 radical (unpaired) electrons. The van der Waals surface area contributed by atoms with Gasteiger partial charge in [-0.1, -0.05) is 11.8 Å². The number of aromatic nitrogens is 4. The van der Waals surface area contributed by atoms with Gasteiger partial charge in [-0.15, -0.1) is 0 Å². The number of halogens is 1. The third-order valence-corrected chi connectivity index (χ3v) is 4.93. The molecule has 128 valence electrons. The number of hydrogen-bond donors (Lipinski definition) is 1. The molecule has 3 aromatic rings. The Bertz CT molecular complexity index is 903. The molecule has 0 amide bonds. The summed E-state index contributed by atoms with van der Waals surface area (Å²) >= 11 is 7.60. The summed E-state index contributed by atoms with van der Waals surface area (Å²) in [5.74, 6) is 0.921. The standard InChI is InChI=1S/C16H14ClN5O2S/c17-16-20-13-12(14(21-16)22-5-7-24-8-6-22)18-9-19-15(13)25-11-3-1-10(23)2-4-11/h1-4,9,23H,5-8H2. The highest BCUT2D eigenvalue weighted by Gasteiger charge is 2.20. The second-order valence-electron chi connectivity index (χ2n) is 5.39. The van der Waals surface area contributed by atoms with Crippen LogP contribution >= 0.6 is 23.4 Å². The lowest BCUT2D eigenvalue weighted by atomic mass is 10.3. The minimum atomic E-state index is 0.163. The first-order valence-corrected chi connectivity index (χ1v) is 8.88. The van der Waals surface area contributed by atoms with E-state index >= 15 is 0 Å². The summed E-state index contributed by atoms with van der Waals surface area (Å²) < 4.78 is 5.40. The fourth-order valence-corrected chi connectivity index (χ4v) is 3.58. The quantitative estimate of drug-likeness (QED) is 0.552. The number of hydrogen-bond acceptors (Lipinski definition) is 8. The summed E-state index contributed by atoms with van der Waals surface area (Å²) in [6.07, 6.45) is 1.51. The van der Waals surface area contributed by atoms with Crippen molar-refractivity contribution in [2.24, 2.45) is 0 Å². The van der Waals surface area contributed by atoms with Crippen molar-refractivity contribution in [2.75, 3.05) is 31.2 Å². The predicted octanol–water partition coefficient (Wildman–Crippen LogP) is 2.77. The van der Waals surface area contributed by atoms with E-state index in [2.05, 4.69) is 24.8 Å². The van der Waals surface area contributed by atoms with Gasteiger partial charge >= 0.3 is 0 Å². The van der Waals surface area contributed by atoms with Crippen LogP contribution < -0.4 is 4.90 Å². The zero-order valence-electron chi connectivity index (χ0n) is 13.1. The van der Waals surface area contributed by atoms with Gasteiger partial charge in [0, 0.05) is 18.0 Å². The molecule has 0 bridgehead atoms. The van der Waals surface area contributed by atoms with E-state index in [1.165, 1.54) is 18.1 Å². The average Bonchev–Trinajstić information content (AvgIpc) is 2.64. The van der Waals surface area contributed by atoms with E-state index in [4.69, 9.17) is 16.3 Å². The highest BCUT2D eigenvalue weighted by atomic mass is 35.5. The van der Waals surface area contributed by atoms with E-state index in [-0.39, 0.29) is 11.0 Å². The Morgan fingerprint density at radius 3 is 2.56 bits per heavy atom. The topological polar surface area (TPSA) is 84.3 Å². The van der Waals surface area contributed by atoms with Gasteiger partial charge in [-0.2, -0.15) is 4.98 Å². The van der Waals surface area contributed by atoms with Crippen LogP contribution in [0.3, 0.4) is 0 Å². The number of nitrogens with zero attached hydrogens (tertiary/aromatic N) is 5. The predicted molar refractivity (Wildman–Crippen MR) is 95.4 cm³/mol. The molecule has 3 heterocycles. The molecule has 0 aliphatic carbocycles. The summed E-state index contributed by atoms with van der Waals surface area (Å²) in [5.41, 5.74) is 1.28. The minimum absolute atomic E-state index is 0.163. The van der Waals surface area contributed by atoms with E-state index in [0.717, 1.165) is 18.0 Å². The summed E-state index contributed by atoms with van der Waals surface area (Å²) in [5, 5.41) is 10.3. The Labute approximate surface area is 153 Å². The third kappa shape index (κ3) is 3.46. The van der Waals surface area contributed by atoms with Crippen LogP contribution in [0.15, 0.2) is 40.5 Å². The van der Waals surface area contributed by atoms with Crippen LogP contribution in [-0.2, 0) is 4.74 Å². The molecule has 1 aliphatic rings. The maximum atomic E-state index is 9.42. The second-order valence-corrected chi connectivity index (χ2v) is 6.79. The second kappa shape index (κ2) is 6.99. The molecule has 1 saturated heterocycles. The highest BCUT2D eigenvalue weighted by molar-refractivity contribution is 7.99. The van der Waals surface area contributed by atoms with Crippen molar-refractivity contribution in [1.82, 2.24) is 19.9 Å². The zero-order valence-corrected chi connectivity index (χ0v) is 14.7. The number of rotatable bonds is 3. The van der Waals surface area contributed by atoms with E-state index in [9.17, 15) is 5.11 Å². The number of benzene rings is 1. The molecule has 1 aromatic carbocycles. The van der Waals surface area contributed by atoms with Gasteiger partial charge in [-0.05, 0) is 35.9 Å². The molecular formula is C16H14ClN5O2S. The zero-order chi connectivity index (χ0) is 17.2. The van der Waals surface area contributed by atoms with Crippen LogP contribution in [0.5, 0.6) is 5.75 Å². The van der Waals surface area contributed by atoms with Crippen LogP contribution in [0.4, 0.5) is 5.82 Å². The van der Waals surface area contributed by atoms with Crippen LogP contribution in [0.25, 0.3) is 11.0 Å². The van der Waals surface area contributed by atoms with Crippen LogP contribution in [0.1, 0.15) is 0 Å². The molecule has 4 rings (SSSR count). The van der Waals surface area contributed by atoms with E-state index in [1.807, 2.05) is 12.1 Å². The van der Waals surface area contributed by atoms with Crippen molar-refractivity contribution < 1.29 is 9.84 Å². The van der Waals surface area contributed by atoms with Crippen LogP contribution in [0.2, 0.25) is 5.28 Å². The van der Waals surface area contributed by atoms with Crippen LogP contribution in [0, 0.1) is 0 Å². The Morgan fingerprint density at radius 1 is 1.04 bits per heavy atom. The first-order chi connectivity index (χ1) is 12.2. The van der Waals surface area contributed by atoms with Crippen molar-refractivity contribution in [1.29, 1.82) is 0 Å². The van der Waals surface area contributed by atoms with Crippen molar-refractivity contribution in [3.63, 3.8) is 0 Å². The summed E-state index contributed by atoms with van der Waals surface area (Å²) in [6, 6.07) is 6.90. The van der Waals surface area contributed by atoms with Gasteiger partial charge in [0.2, 0.25) is 5.28 Å². The van der Waals surface area contributed by atoms with Crippen molar-refractivity contribution in [3.05, 3.63) is 35.9 Å². The van der Waals surface area contributed by atoms with E-state index in [1.54, 1.807) is 12.1 Å². The normalized spacial score (nSPS) is 14.8. The molecular weight excluding hydrogens is 362 g/mol. The number of phenolic OH excluding ortho intramolecular Hbond substituents is 1. The molecule has 0 unspecified atom stereocenters. The van der Waals surface area contributed by atoms with Gasteiger partial charge < -0.3 is 14.7 Å². The lowest BCUT2D eigenvalue weighted by Crippen LogP contribution is -2.37. The largest absolute Gasteiger partial charge is 0.508 e. The molecule has 0 atom stereocenters. The Morgan fingerprint density at radius 2 is 1.80 bits per heavy atom. The Balaban J connectivity index is 1.78. The summed E-state index contributed by atoms with van der Waals surface area (Å²) in [4.78, 5) is 20.5. The average molecular weight is 376 g/mol. The molecule has 0 saturated carbocycles. The maximum absolute atomic E-state index is 9.42. The highest BCUT2D eigenvalue weighted by Crippen LogP contribution is 2.34. The third-order valence-electron chi connectivity index (χ3n) is 3.76. The monoisotopic (exact) mass is 375 g/mol. The van der Waals surface area contributed by atoms with E-state index < -0.39 is 0 Å². The smallest absolute Gasteiger partial charge is 0.225 e. The molecule has 1 fully saturated rings. The molecule has 1 aliphatic heterocycles. The molecule has 9 heteroatoms. The number of fused-ring (bicyclic) bond motifs is 1. The number of anilines is 1. The van der Waals surface area contributed by atoms with Gasteiger partial charge in [-0.3, -0.25) is 0 Å². The maximum Gasteiger partial charge on any atom is 0.225 e.